The number of nitrogens with one attached hydrogen (secondary N) is 2. The lowest BCUT2D eigenvalue weighted by molar-refractivity contribution is 0.211. The predicted octanol–water partition coefficient (Wildman–Crippen LogP) is 4.19. The molecule has 1 saturated heterocycles. The van der Waals surface area contributed by atoms with E-state index in [1.54, 1.807) is 27.5 Å². The number of hydrogen-bond donors (Lipinski definition) is 2. The highest BCUT2D eigenvalue weighted by molar-refractivity contribution is 5.54. The highest BCUT2D eigenvalue weighted by atomic mass is 16.5. The highest BCUT2D eigenvalue weighted by Crippen LogP contribution is 2.38. The molecule has 2 aromatic carbocycles. The quantitative estimate of drug-likeness (QED) is 0.463. The molecule has 4 rings (SSSR count). The van der Waals surface area contributed by atoms with Gasteiger partial charge in [0.05, 0.1) is 21.3 Å². The average Bonchev–Trinajstić information content (AvgIpc) is 2.88. The number of benzene rings is 2. The van der Waals surface area contributed by atoms with Gasteiger partial charge in [0.25, 0.3) is 0 Å². The number of likely N-dealkylation sites (tertiary alicyclic amines) is 1. The maximum absolute atomic E-state index is 5.44. The van der Waals surface area contributed by atoms with E-state index in [4.69, 9.17) is 14.2 Å². The first-order chi connectivity index (χ1) is 16.7. The first kappa shape index (κ1) is 23.6. The Morgan fingerprint density at radius 1 is 0.912 bits per heavy atom. The van der Waals surface area contributed by atoms with Crippen molar-refractivity contribution >= 4 is 11.8 Å². The number of piperidine rings is 1. The van der Waals surface area contributed by atoms with Crippen LogP contribution in [-0.4, -0.2) is 55.3 Å². The fourth-order valence-corrected chi connectivity index (χ4v) is 4.22. The Balaban J connectivity index is 1.31. The molecular formula is C26H33N5O3. The van der Waals surface area contributed by atoms with E-state index in [0.717, 1.165) is 43.9 Å². The maximum atomic E-state index is 5.44. The largest absolute Gasteiger partial charge is 0.493 e. The van der Waals surface area contributed by atoms with Gasteiger partial charge in [0, 0.05) is 38.4 Å². The normalized spacial score (nSPS) is 14.4. The lowest BCUT2D eigenvalue weighted by Gasteiger charge is -2.32. The van der Waals surface area contributed by atoms with Crippen molar-refractivity contribution in [2.45, 2.75) is 32.0 Å². The minimum Gasteiger partial charge on any atom is -0.493 e. The summed E-state index contributed by atoms with van der Waals surface area (Å²) in [5.41, 5.74) is 2.36. The van der Waals surface area contributed by atoms with Gasteiger partial charge in [-0.15, -0.1) is 0 Å². The summed E-state index contributed by atoms with van der Waals surface area (Å²) in [6, 6.07) is 16.7. The molecule has 2 N–H and O–H groups in total. The molecule has 1 fully saturated rings. The zero-order chi connectivity index (χ0) is 23.8. The van der Waals surface area contributed by atoms with Gasteiger partial charge in [-0.1, -0.05) is 30.3 Å². The molecule has 8 nitrogen and oxygen atoms in total. The molecule has 0 atom stereocenters. The van der Waals surface area contributed by atoms with E-state index >= 15 is 0 Å². The van der Waals surface area contributed by atoms with Crippen molar-refractivity contribution in [1.29, 1.82) is 0 Å². The molecule has 34 heavy (non-hydrogen) atoms. The molecule has 0 bridgehead atoms. The molecule has 0 spiro atoms. The highest BCUT2D eigenvalue weighted by Gasteiger charge is 2.20. The maximum Gasteiger partial charge on any atom is 0.224 e. The molecule has 0 radical (unpaired) electrons. The lowest BCUT2D eigenvalue weighted by Crippen LogP contribution is -2.39. The van der Waals surface area contributed by atoms with Crippen molar-refractivity contribution in [3.8, 4) is 17.2 Å². The van der Waals surface area contributed by atoms with Gasteiger partial charge in [0.2, 0.25) is 11.7 Å². The summed E-state index contributed by atoms with van der Waals surface area (Å²) >= 11 is 0. The van der Waals surface area contributed by atoms with Gasteiger partial charge in [-0.25, -0.2) is 4.98 Å². The van der Waals surface area contributed by atoms with E-state index in [9.17, 15) is 0 Å². The summed E-state index contributed by atoms with van der Waals surface area (Å²) < 4.78 is 16.3. The van der Waals surface area contributed by atoms with Crippen LogP contribution in [0.25, 0.3) is 0 Å². The van der Waals surface area contributed by atoms with E-state index in [0.29, 0.717) is 35.8 Å². The number of methoxy groups -OCH3 is 3. The van der Waals surface area contributed by atoms with Crippen LogP contribution in [0.1, 0.15) is 24.0 Å². The molecule has 0 saturated carbocycles. The zero-order valence-corrected chi connectivity index (χ0v) is 20.1. The van der Waals surface area contributed by atoms with E-state index in [-0.39, 0.29) is 0 Å². The van der Waals surface area contributed by atoms with Crippen LogP contribution in [0.15, 0.2) is 54.7 Å². The molecule has 2 heterocycles. The van der Waals surface area contributed by atoms with Crippen LogP contribution in [-0.2, 0) is 13.1 Å². The van der Waals surface area contributed by atoms with Crippen LogP contribution in [0.4, 0.5) is 11.8 Å². The molecule has 1 aliphatic heterocycles. The average molecular weight is 464 g/mol. The third-order valence-corrected chi connectivity index (χ3v) is 6.02. The Kier molecular flexibility index (Phi) is 8.04. The van der Waals surface area contributed by atoms with Crippen LogP contribution in [0.2, 0.25) is 0 Å². The number of anilines is 2. The molecule has 3 aromatic rings. The Bertz CT molecular complexity index is 1030. The second kappa shape index (κ2) is 11.6. The summed E-state index contributed by atoms with van der Waals surface area (Å²) in [7, 11) is 4.83. The summed E-state index contributed by atoms with van der Waals surface area (Å²) in [5.74, 6) is 3.24. The fourth-order valence-electron chi connectivity index (χ4n) is 4.22. The number of hydrogen-bond acceptors (Lipinski definition) is 8. The monoisotopic (exact) mass is 463 g/mol. The van der Waals surface area contributed by atoms with Crippen molar-refractivity contribution in [3.63, 3.8) is 0 Å². The third-order valence-electron chi connectivity index (χ3n) is 6.02. The number of ether oxygens (including phenoxy) is 3. The van der Waals surface area contributed by atoms with Gasteiger partial charge < -0.3 is 24.8 Å². The second-order valence-corrected chi connectivity index (χ2v) is 8.33. The molecule has 0 amide bonds. The van der Waals surface area contributed by atoms with Crippen LogP contribution >= 0.6 is 0 Å². The van der Waals surface area contributed by atoms with Gasteiger partial charge in [-0.05, 0) is 42.2 Å². The summed E-state index contributed by atoms with van der Waals surface area (Å²) in [4.78, 5) is 11.6. The van der Waals surface area contributed by atoms with E-state index in [2.05, 4.69) is 55.8 Å². The Morgan fingerprint density at radius 3 is 2.26 bits per heavy atom. The summed E-state index contributed by atoms with van der Waals surface area (Å²) in [6.45, 7) is 3.69. The van der Waals surface area contributed by atoms with Crippen LogP contribution in [0.5, 0.6) is 17.2 Å². The molecule has 1 aromatic heterocycles. The summed E-state index contributed by atoms with van der Waals surface area (Å²) in [5, 5.41) is 6.87. The van der Waals surface area contributed by atoms with Crippen LogP contribution in [0, 0.1) is 0 Å². The first-order valence-electron chi connectivity index (χ1n) is 11.6. The predicted molar refractivity (Wildman–Crippen MR) is 134 cm³/mol. The van der Waals surface area contributed by atoms with Crippen molar-refractivity contribution in [2.24, 2.45) is 0 Å². The SMILES string of the molecule is COc1cc(CNc2ccnc(NC3CCN(Cc4ccccc4)CC3)n2)cc(OC)c1OC. The minimum atomic E-state index is 0.373. The van der Waals surface area contributed by atoms with Crippen molar-refractivity contribution in [3.05, 3.63) is 65.9 Å². The van der Waals surface area contributed by atoms with Gasteiger partial charge >= 0.3 is 0 Å². The van der Waals surface area contributed by atoms with Crippen molar-refractivity contribution in [1.82, 2.24) is 14.9 Å². The molecule has 0 aliphatic carbocycles. The number of rotatable bonds is 10. The van der Waals surface area contributed by atoms with Crippen LogP contribution in [0.3, 0.4) is 0 Å². The summed E-state index contributed by atoms with van der Waals surface area (Å²) in [6.07, 6.45) is 3.91. The lowest BCUT2D eigenvalue weighted by atomic mass is 10.0. The Labute approximate surface area is 201 Å². The number of aromatic nitrogens is 2. The van der Waals surface area contributed by atoms with Crippen LogP contribution < -0.4 is 24.8 Å². The molecular weight excluding hydrogens is 430 g/mol. The van der Waals surface area contributed by atoms with E-state index in [1.807, 2.05) is 18.2 Å². The van der Waals surface area contributed by atoms with Gasteiger partial charge in [0.1, 0.15) is 5.82 Å². The van der Waals surface area contributed by atoms with Crippen molar-refractivity contribution < 1.29 is 14.2 Å². The third kappa shape index (κ3) is 6.08. The first-order valence-corrected chi connectivity index (χ1v) is 11.6. The van der Waals surface area contributed by atoms with Gasteiger partial charge in [-0.3, -0.25) is 4.90 Å². The topological polar surface area (TPSA) is 80.8 Å². The molecule has 180 valence electrons. The van der Waals surface area contributed by atoms with Crippen molar-refractivity contribution in [2.75, 3.05) is 45.1 Å². The molecule has 0 unspecified atom stereocenters. The fraction of sp³-hybridized carbons (Fsp3) is 0.385. The molecule has 1 aliphatic rings. The van der Waals surface area contributed by atoms with Gasteiger partial charge in [0.15, 0.2) is 11.5 Å². The Morgan fingerprint density at radius 2 is 1.62 bits per heavy atom. The standard InChI is InChI=1S/C26H33N5O3/c1-32-22-15-20(16-23(33-2)25(22)34-3)17-28-24-9-12-27-26(30-24)29-21-10-13-31(14-11-21)18-19-7-5-4-6-8-19/h4-9,12,15-16,21H,10-11,13-14,17-18H2,1-3H3,(H2,27,28,29,30). The smallest absolute Gasteiger partial charge is 0.224 e. The van der Waals surface area contributed by atoms with E-state index in [1.165, 1.54) is 5.56 Å². The minimum absolute atomic E-state index is 0.373. The van der Waals surface area contributed by atoms with Gasteiger partial charge in [-0.2, -0.15) is 4.98 Å². The van der Waals surface area contributed by atoms with E-state index < -0.39 is 0 Å². The molecule has 8 heteroatoms. The Hall–Kier alpha value is -3.52. The second-order valence-electron chi connectivity index (χ2n) is 8.33. The zero-order valence-electron chi connectivity index (χ0n) is 20.1. The number of nitrogens with zero attached hydrogens (tertiary/aromatic N) is 3.